The number of ether oxygens (including phenoxy) is 1. The van der Waals surface area contributed by atoms with Crippen LogP contribution in [0.1, 0.15) is 28.4 Å². The van der Waals surface area contributed by atoms with Gasteiger partial charge < -0.3 is 4.74 Å². The maximum Gasteiger partial charge on any atom is 0.164 e. The first-order valence-corrected chi connectivity index (χ1v) is 7.54. The quantitative estimate of drug-likeness (QED) is 0.488. The summed E-state index contributed by atoms with van der Waals surface area (Å²) >= 11 is 0. The molecule has 0 fully saturated rings. The summed E-state index contributed by atoms with van der Waals surface area (Å²) in [7, 11) is 1.58. The van der Waals surface area contributed by atoms with E-state index in [1.165, 1.54) is 10.8 Å². The molecule has 2 nitrogen and oxygen atoms in total. The van der Waals surface area contributed by atoms with Crippen molar-refractivity contribution in [1.29, 1.82) is 0 Å². The number of methoxy groups -OCH3 is 1. The molecule has 3 aromatic carbocycles. The number of fused-ring (bicyclic) bond motifs is 1. The largest absolute Gasteiger partial charge is 0.496 e. The Balaban J connectivity index is 2.00. The highest BCUT2D eigenvalue weighted by atomic mass is 16.5. The van der Waals surface area contributed by atoms with Gasteiger partial charge in [0, 0.05) is 0 Å². The van der Waals surface area contributed by atoms with Gasteiger partial charge in [-0.15, -0.1) is 0 Å². The van der Waals surface area contributed by atoms with Crippen LogP contribution in [0.5, 0.6) is 5.75 Å². The molecule has 0 unspecified atom stereocenters. The third-order valence-electron chi connectivity index (χ3n) is 3.86. The van der Waals surface area contributed by atoms with Gasteiger partial charge in [-0.1, -0.05) is 60.7 Å². The molecule has 0 heterocycles. The van der Waals surface area contributed by atoms with Gasteiger partial charge in [-0.2, -0.15) is 0 Å². The van der Waals surface area contributed by atoms with E-state index in [4.69, 9.17) is 4.74 Å². The van der Waals surface area contributed by atoms with Crippen molar-refractivity contribution in [3.05, 3.63) is 77.4 Å². The zero-order valence-corrected chi connectivity index (χ0v) is 13.2. The van der Waals surface area contributed by atoms with Gasteiger partial charge in [-0.25, -0.2) is 0 Å². The molecule has 0 aliphatic heterocycles. The summed E-state index contributed by atoms with van der Waals surface area (Å²) in [4.78, 5) is 11.9. The molecule has 0 bridgehead atoms. The second-order valence-corrected chi connectivity index (χ2v) is 5.42. The highest BCUT2D eigenvalue weighted by Crippen LogP contribution is 2.25. The number of hydrogen-bond acceptors (Lipinski definition) is 2. The predicted octanol–water partition coefficient (Wildman–Crippen LogP) is 5.22. The molecule has 3 rings (SSSR count). The van der Waals surface area contributed by atoms with Crippen LogP contribution in [0.2, 0.25) is 0 Å². The van der Waals surface area contributed by atoms with E-state index in [0.29, 0.717) is 11.3 Å². The number of hydrogen-bond donors (Lipinski definition) is 0. The molecule has 3 aromatic rings. The van der Waals surface area contributed by atoms with Crippen LogP contribution in [0.25, 0.3) is 22.9 Å². The summed E-state index contributed by atoms with van der Waals surface area (Å²) < 4.78 is 5.30. The highest BCUT2D eigenvalue weighted by molar-refractivity contribution is 6.01. The Morgan fingerprint density at radius 3 is 2.43 bits per heavy atom. The third-order valence-corrected chi connectivity index (χ3v) is 3.86. The third kappa shape index (κ3) is 3.16. The molecule has 0 N–H and O–H groups in total. The van der Waals surface area contributed by atoms with Gasteiger partial charge in [0.15, 0.2) is 5.78 Å². The monoisotopic (exact) mass is 302 g/mol. The molecule has 0 radical (unpaired) electrons. The van der Waals surface area contributed by atoms with Crippen LogP contribution in [0.4, 0.5) is 0 Å². The molecular weight excluding hydrogens is 284 g/mol. The first-order valence-electron chi connectivity index (χ1n) is 7.54. The summed E-state index contributed by atoms with van der Waals surface area (Å²) in [5.74, 6) is 0.610. The first kappa shape index (κ1) is 15.0. The smallest absolute Gasteiger partial charge is 0.164 e. The van der Waals surface area contributed by atoms with Gasteiger partial charge in [0.1, 0.15) is 5.75 Å². The minimum absolute atomic E-state index is 0.000566. The number of ketones is 1. The second kappa shape index (κ2) is 6.49. The van der Waals surface area contributed by atoms with Crippen molar-refractivity contribution in [3.63, 3.8) is 0 Å². The maximum atomic E-state index is 11.9. The second-order valence-electron chi connectivity index (χ2n) is 5.42. The summed E-state index contributed by atoms with van der Waals surface area (Å²) in [6, 6.07) is 20.2. The average Bonchev–Trinajstić information content (AvgIpc) is 2.59. The van der Waals surface area contributed by atoms with Crippen LogP contribution in [0.15, 0.2) is 60.7 Å². The Morgan fingerprint density at radius 1 is 0.913 bits per heavy atom. The summed E-state index contributed by atoms with van der Waals surface area (Å²) in [6.45, 7) is 1.56. The molecular formula is C21H18O2. The van der Waals surface area contributed by atoms with Gasteiger partial charge in [0.25, 0.3) is 0 Å². The van der Waals surface area contributed by atoms with Crippen LogP contribution in [0, 0.1) is 0 Å². The van der Waals surface area contributed by atoms with Crippen molar-refractivity contribution < 1.29 is 9.53 Å². The number of Topliss-reactive ketones (excluding diaryl/α,β-unsaturated/α-hetero) is 1. The topological polar surface area (TPSA) is 26.3 Å². The van der Waals surface area contributed by atoms with Crippen LogP contribution in [-0.2, 0) is 0 Å². The molecule has 0 saturated carbocycles. The molecule has 0 amide bonds. The highest BCUT2D eigenvalue weighted by Gasteiger charge is 2.11. The molecule has 0 saturated heterocycles. The maximum absolute atomic E-state index is 11.9. The zero-order valence-electron chi connectivity index (χ0n) is 13.2. The number of carbonyl (C=O) groups is 1. The fourth-order valence-corrected chi connectivity index (χ4v) is 2.73. The van der Waals surface area contributed by atoms with Crippen LogP contribution < -0.4 is 4.74 Å². The average molecular weight is 302 g/mol. The van der Waals surface area contributed by atoms with Gasteiger partial charge in [0.05, 0.1) is 12.7 Å². The molecule has 0 aromatic heterocycles. The molecule has 0 aliphatic carbocycles. The predicted molar refractivity (Wildman–Crippen MR) is 95.9 cm³/mol. The van der Waals surface area contributed by atoms with Gasteiger partial charge in [-0.05, 0) is 41.0 Å². The van der Waals surface area contributed by atoms with E-state index in [2.05, 4.69) is 30.3 Å². The Kier molecular flexibility index (Phi) is 4.24. The summed E-state index contributed by atoms with van der Waals surface area (Å²) in [5.41, 5.74) is 2.58. The van der Waals surface area contributed by atoms with E-state index in [1.807, 2.05) is 42.5 Å². The van der Waals surface area contributed by atoms with Crippen molar-refractivity contribution in [2.75, 3.05) is 7.11 Å². The van der Waals surface area contributed by atoms with E-state index in [1.54, 1.807) is 14.0 Å². The minimum Gasteiger partial charge on any atom is -0.496 e. The van der Waals surface area contributed by atoms with Crippen LogP contribution >= 0.6 is 0 Å². The minimum atomic E-state index is 0.000566. The van der Waals surface area contributed by atoms with E-state index in [-0.39, 0.29) is 5.78 Å². The molecule has 0 spiro atoms. The lowest BCUT2D eigenvalue weighted by Gasteiger charge is -2.08. The van der Waals surface area contributed by atoms with Gasteiger partial charge >= 0.3 is 0 Å². The molecule has 114 valence electrons. The van der Waals surface area contributed by atoms with E-state index in [0.717, 1.165) is 11.1 Å². The Morgan fingerprint density at radius 2 is 1.70 bits per heavy atom. The number of benzene rings is 3. The van der Waals surface area contributed by atoms with Gasteiger partial charge in [0.2, 0.25) is 0 Å². The van der Waals surface area contributed by atoms with Crippen molar-refractivity contribution in [1.82, 2.24) is 0 Å². The number of rotatable bonds is 4. The van der Waals surface area contributed by atoms with E-state index >= 15 is 0 Å². The molecule has 0 aliphatic rings. The normalized spacial score (nSPS) is 11.0. The fourth-order valence-electron chi connectivity index (χ4n) is 2.73. The molecule has 2 heteroatoms. The van der Waals surface area contributed by atoms with Crippen LogP contribution in [-0.4, -0.2) is 12.9 Å². The Hall–Kier alpha value is -2.87. The standard InChI is InChI=1S/C21H18O2/c1-15(22)21-18(8-5-9-20(21)23-2)13-11-16-10-12-17-6-3-4-7-19(17)14-16/h3-14H,1-2H3/b13-11+. The lowest BCUT2D eigenvalue weighted by Crippen LogP contribution is -2.00. The Labute approximate surface area is 136 Å². The van der Waals surface area contributed by atoms with Crippen LogP contribution in [0.3, 0.4) is 0 Å². The summed E-state index contributed by atoms with van der Waals surface area (Å²) in [5, 5.41) is 2.42. The van der Waals surface area contributed by atoms with Gasteiger partial charge in [-0.3, -0.25) is 4.79 Å². The zero-order chi connectivity index (χ0) is 16.2. The van der Waals surface area contributed by atoms with Crippen molar-refractivity contribution in [3.8, 4) is 5.75 Å². The number of carbonyl (C=O) groups excluding carboxylic acids is 1. The van der Waals surface area contributed by atoms with Crippen molar-refractivity contribution in [2.45, 2.75) is 6.92 Å². The Bertz CT molecular complexity index is 891. The lowest BCUT2D eigenvalue weighted by atomic mass is 10.0. The van der Waals surface area contributed by atoms with E-state index < -0.39 is 0 Å². The molecule has 0 atom stereocenters. The van der Waals surface area contributed by atoms with Crippen molar-refractivity contribution >= 4 is 28.7 Å². The molecule has 23 heavy (non-hydrogen) atoms. The lowest BCUT2D eigenvalue weighted by molar-refractivity contribution is 0.101. The first-order chi connectivity index (χ1) is 11.2. The summed E-state index contributed by atoms with van der Waals surface area (Å²) in [6.07, 6.45) is 3.98. The SMILES string of the molecule is COc1cccc(/C=C/c2ccc3ccccc3c2)c1C(C)=O. The fraction of sp³-hybridized carbons (Fsp3) is 0.0952. The van der Waals surface area contributed by atoms with E-state index in [9.17, 15) is 4.79 Å². The van der Waals surface area contributed by atoms with Crippen molar-refractivity contribution in [2.24, 2.45) is 0 Å².